The fourth-order valence-electron chi connectivity index (χ4n) is 2.47. The third kappa shape index (κ3) is 2.11. The van der Waals surface area contributed by atoms with Crippen LogP contribution in [0.5, 0.6) is 0 Å². The molecule has 0 saturated carbocycles. The molecule has 1 aromatic heterocycles. The van der Waals surface area contributed by atoms with Gasteiger partial charge in [0.15, 0.2) is 0 Å². The highest BCUT2D eigenvalue weighted by Crippen LogP contribution is 2.28. The van der Waals surface area contributed by atoms with Gasteiger partial charge in [-0.2, -0.15) is 5.10 Å². The monoisotopic (exact) mass is 264 g/mol. The summed E-state index contributed by atoms with van der Waals surface area (Å²) in [6.45, 7) is 7.18. The Labute approximate surface area is 112 Å². The summed E-state index contributed by atoms with van der Waals surface area (Å²) in [5.41, 5.74) is 0.576. The van der Waals surface area contributed by atoms with Crippen LogP contribution in [0.2, 0.25) is 0 Å². The second-order valence-electron chi connectivity index (χ2n) is 5.49. The molecule has 1 atom stereocenters. The molecule has 2 amide bonds. The third-order valence-electron chi connectivity index (χ3n) is 3.44. The number of aromatic nitrogens is 2. The van der Waals surface area contributed by atoms with Gasteiger partial charge in [-0.1, -0.05) is 6.92 Å². The number of hydrogen-bond acceptors (Lipinski definition) is 3. The lowest BCUT2D eigenvalue weighted by atomic mass is 9.95. The lowest BCUT2D eigenvalue weighted by Crippen LogP contribution is -2.68. The van der Waals surface area contributed by atoms with Crippen LogP contribution in [0.1, 0.15) is 32.9 Å². The second kappa shape index (κ2) is 4.36. The maximum atomic E-state index is 12.6. The van der Waals surface area contributed by atoms with E-state index in [9.17, 15) is 9.59 Å². The Morgan fingerprint density at radius 1 is 1.42 bits per heavy atom. The summed E-state index contributed by atoms with van der Waals surface area (Å²) in [5.74, 6) is -0.217. The predicted octanol–water partition coefficient (Wildman–Crippen LogP) is 0.749. The van der Waals surface area contributed by atoms with Gasteiger partial charge in [0.1, 0.15) is 11.6 Å². The summed E-state index contributed by atoms with van der Waals surface area (Å²) in [6.07, 6.45) is 2.35. The highest BCUT2D eigenvalue weighted by Gasteiger charge is 2.46. The van der Waals surface area contributed by atoms with Gasteiger partial charge in [0.25, 0.3) is 5.91 Å². The number of nitrogens with one attached hydrogen (secondary N) is 1. The molecule has 0 bridgehead atoms. The van der Waals surface area contributed by atoms with Gasteiger partial charge in [-0.3, -0.25) is 19.2 Å². The maximum absolute atomic E-state index is 12.6. The van der Waals surface area contributed by atoms with Gasteiger partial charge in [-0.15, -0.1) is 0 Å². The molecule has 2 rings (SSSR count). The van der Waals surface area contributed by atoms with E-state index >= 15 is 0 Å². The van der Waals surface area contributed by atoms with Crippen LogP contribution in [-0.2, 0) is 16.6 Å². The molecule has 0 aliphatic carbocycles. The second-order valence-corrected chi connectivity index (χ2v) is 5.49. The van der Waals surface area contributed by atoms with Gasteiger partial charge in [0.2, 0.25) is 5.91 Å². The normalized spacial score (nSPS) is 22.6. The van der Waals surface area contributed by atoms with Crippen molar-refractivity contribution in [1.82, 2.24) is 15.1 Å². The predicted molar refractivity (Wildman–Crippen MR) is 71.7 cm³/mol. The summed E-state index contributed by atoms with van der Waals surface area (Å²) < 4.78 is 1.66. The molecule has 104 valence electrons. The van der Waals surface area contributed by atoms with E-state index in [0.717, 1.165) is 5.69 Å². The summed E-state index contributed by atoms with van der Waals surface area (Å²) in [6, 6.07) is -0.469. The van der Waals surface area contributed by atoms with E-state index in [1.54, 1.807) is 36.7 Å². The Balaban J connectivity index is 2.52. The smallest absolute Gasteiger partial charge is 0.253 e. The van der Waals surface area contributed by atoms with Crippen molar-refractivity contribution in [2.24, 2.45) is 7.05 Å². The van der Waals surface area contributed by atoms with Crippen LogP contribution >= 0.6 is 0 Å². The van der Waals surface area contributed by atoms with Crippen molar-refractivity contribution in [3.8, 4) is 0 Å². The van der Waals surface area contributed by atoms with E-state index in [4.69, 9.17) is 0 Å². The molecule has 19 heavy (non-hydrogen) atoms. The molecule has 1 fully saturated rings. The van der Waals surface area contributed by atoms with Crippen molar-refractivity contribution in [3.05, 3.63) is 11.9 Å². The zero-order valence-corrected chi connectivity index (χ0v) is 12.0. The van der Waals surface area contributed by atoms with Crippen molar-refractivity contribution in [3.63, 3.8) is 0 Å². The van der Waals surface area contributed by atoms with Crippen LogP contribution in [0.15, 0.2) is 6.20 Å². The fraction of sp³-hybridized carbons (Fsp3) is 0.615. The molecule has 0 aromatic carbocycles. The van der Waals surface area contributed by atoms with Gasteiger partial charge in [-0.25, -0.2) is 0 Å². The number of piperazine rings is 1. The lowest BCUT2D eigenvalue weighted by molar-refractivity contribution is -0.137. The van der Waals surface area contributed by atoms with Crippen LogP contribution in [0.3, 0.4) is 0 Å². The van der Waals surface area contributed by atoms with Gasteiger partial charge in [0.05, 0.1) is 11.4 Å². The quantitative estimate of drug-likeness (QED) is 0.857. The van der Waals surface area contributed by atoms with Crippen LogP contribution in [0, 0.1) is 6.92 Å². The van der Waals surface area contributed by atoms with Crippen molar-refractivity contribution in [1.29, 1.82) is 0 Å². The molecule has 1 N–H and O–H groups in total. The summed E-state index contributed by atoms with van der Waals surface area (Å²) >= 11 is 0. The number of carbonyl (C=O) groups is 2. The van der Waals surface area contributed by atoms with E-state index in [0.29, 0.717) is 12.1 Å². The van der Waals surface area contributed by atoms with Crippen LogP contribution in [0.4, 0.5) is 5.69 Å². The van der Waals surface area contributed by atoms with E-state index in [2.05, 4.69) is 10.4 Å². The molecule has 6 heteroatoms. The number of hydrogen-bond donors (Lipinski definition) is 1. The van der Waals surface area contributed by atoms with E-state index in [1.807, 2.05) is 13.8 Å². The van der Waals surface area contributed by atoms with Crippen LogP contribution in [-0.4, -0.2) is 33.2 Å². The zero-order chi connectivity index (χ0) is 14.4. The zero-order valence-electron chi connectivity index (χ0n) is 12.0. The van der Waals surface area contributed by atoms with Gasteiger partial charge in [-0.05, 0) is 27.2 Å². The average molecular weight is 264 g/mol. The van der Waals surface area contributed by atoms with Crippen molar-refractivity contribution in [2.45, 2.75) is 45.7 Å². The van der Waals surface area contributed by atoms with Crippen LogP contribution < -0.4 is 10.2 Å². The largest absolute Gasteiger partial charge is 0.340 e. The van der Waals surface area contributed by atoms with Gasteiger partial charge in [0, 0.05) is 13.2 Å². The molecular formula is C13H20N4O2. The van der Waals surface area contributed by atoms with E-state index < -0.39 is 11.6 Å². The van der Waals surface area contributed by atoms with E-state index in [1.165, 1.54) is 0 Å². The molecule has 1 aromatic rings. The average Bonchev–Trinajstić information content (AvgIpc) is 2.62. The molecule has 1 saturated heterocycles. The minimum atomic E-state index is -0.884. The number of aryl methyl sites for hydroxylation is 2. The number of rotatable bonds is 2. The standard InChI is InChI=1S/C13H20N4O2/c1-6-9-11(18)14-13(3,4)12(19)17(9)10-7-16(5)15-8(10)2/h7,9H,6H2,1-5H3,(H,14,18). The Bertz CT molecular complexity index is 533. The Kier molecular flexibility index (Phi) is 3.12. The lowest BCUT2D eigenvalue weighted by Gasteiger charge is -2.42. The Hall–Kier alpha value is -1.85. The van der Waals surface area contributed by atoms with Crippen molar-refractivity contribution in [2.75, 3.05) is 4.90 Å². The highest BCUT2D eigenvalue weighted by molar-refractivity contribution is 6.10. The van der Waals surface area contributed by atoms with Crippen molar-refractivity contribution < 1.29 is 9.59 Å². The fourth-order valence-corrected chi connectivity index (χ4v) is 2.47. The maximum Gasteiger partial charge on any atom is 0.253 e. The summed E-state index contributed by atoms with van der Waals surface area (Å²) in [4.78, 5) is 26.3. The first-order valence-electron chi connectivity index (χ1n) is 6.44. The number of anilines is 1. The number of nitrogens with zero attached hydrogens (tertiary/aromatic N) is 3. The van der Waals surface area contributed by atoms with Gasteiger partial charge >= 0.3 is 0 Å². The topological polar surface area (TPSA) is 67.2 Å². The Morgan fingerprint density at radius 2 is 2.05 bits per heavy atom. The molecule has 1 unspecified atom stereocenters. The highest BCUT2D eigenvalue weighted by atomic mass is 16.2. The Morgan fingerprint density at radius 3 is 2.53 bits per heavy atom. The van der Waals surface area contributed by atoms with Gasteiger partial charge < -0.3 is 5.32 Å². The molecule has 2 heterocycles. The van der Waals surface area contributed by atoms with E-state index in [-0.39, 0.29) is 11.8 Å². The first-order valence-corrected chi connectivity index (χ1v) is 6.44. The summed E-state index contributed by atoms with van der Waals surface area (Å²) in [7, 11) is 1.80. The summed E-state index contributed by atoms with van der Waals surface area (Å²) in [5, 5.41) is 7.03. The SMILES string of the molecule is CCC1C(=O)NC(C)(C)C(=O)N1c1cn(C)nc1C. The van der Waals surface area contributed by atoms with Crippen molar-refractivity contribution >= 4 is 17.5 Å². The molecule has 6 nitrogen and oxygen atoms in total. The molecule has 0 spiro atoms. The molecule has 0 radical (unpaired) electrons. The minimum absolute atomic E-state index is 0.102. The first-order chi connectivity index (χ1) is 8.77. The number of carbonyl (C=O) groups excluding carboxylic acids is 2. The molecular weight excluding hydrogens is 244 g/mol. The molecule has 1 aliphatic rings. The van der Waals surface area contributed by atoms with Crippen LogP contribution in [0.25, 0.3) is 0 Å². The third-order valence-corrected chi connectivity index (χ3v) is 3.44. The minimum Gasteiger partial charge on any atom is -0.340 e. The molecule has 1 aliphatic heterocycles. The first kappa shape index (κ1) is 13.6. The number of amides is 2.